The maximum Gasteiger partial charge on any atom is 0.185 e. The van der Waals surface area contributed by atoms with Crippen molar-refractivity contribution >= 4 is 11.9 Å². The molecule has 0 aliphatic carbocycles. The molecule has 2 aromatic rings. The number of hydrogen-bond donors (Lipinski definition) is 0. The highest BCUT2D eigenvalue weighted by molar-refractivity contribution is 6.07. The average Bonchev–Trinajstić information content (AvgIpc) is 2.52. The quantitative estimate of drug-likeness (QED) is 0.635. The normalized spacial score (nSPS) is 10.3. The lowest BCUT2D eigenvalue weighted by atomic mass is 10.1. The number of ether oxygens (including phenoxy) is 1. The number of halogens is 1. The van der Waals surface area contributed by atoms with Crippen LogP contribution in [-0.2, 0) is 0 Å². The van der Waals surface area contributed by atoms with Crippen molar-refractivity contribution in [2.45, 2.75) is 0 Å². The van der Waals surface area contributed by atoms with Crippen LogP contribution in [0.1, 0.15) is 21.5 Å². The van der Waals surface area contributed by atoms with Crippen LogP contribution in [0.5, 0.6) is 5.75 Å². The fourth-order valence-electron chi connectivity index (χ4n) is 1.80. The number of benzene rings is 2. The van der Waals surface area contributed by atoms with Gasteiger partial charge in [0.25, 0.3) is 0 Å². The second kappa shape index (κ2) is 6.49. The van der Waals surface area contributed by atoms with Gasteiger partial charge in [0.15, 0.2) is 17.3 Å². The Morgan fingerprint density at radius 3 is 2.76 bits per heavy atom. The van der Waals surface area contributed by atoms with Crippen LogP contribution < -0.4 is 4.74 Å². The number of hydrogen-bond acceptors (Lipinski definition) is 3. The smallest absolute Gasteiger partial charge is 0.185 e. The largest absolute Gasteiger partial charge is 0.494 e. The highest BCUT2D eigenvalue weighted by Gasteiger charge is 2.04. The van der Waals surface area contributed by atoms with Crippen molar-refractivity contribution in [2.24, 2.45) is 0 Å². The molecule has 0 atom stereocenters. The third-order valence-corrected chi connectivity index (χ3v) is 2.88. The first kappa shape index (κ1) is 14.5. The molecule has 0 aromatic heterocycles. The maximum atomic E-state index is 13.5. The number of carbonyl (C=O) groups excluding carboxylic acids is 1. The number of ketones is 1. The maximum absolute atomic E-state index is 13.5. The predicted molar refractivity (Wildman–Crippen MR) is 77.5 cm³/mol. The van der Waals surface area contributed by atoms with Gasteiger partial charge in [0.2, 0.25) is 0 Å². The molecule has 0 aliphatic rings. The molecule has 0 heterocycles. The molecule has 0 spiro atoms. The fraction of sp³-hybridized carbons (Fsp3) is 0.0588. The Bertz CT molecular complexity index is 745. The van der Waals surface area contributed by atoms with Crippen LogP contribution in [-0.4, -0.2) is 12.9 Å². The first-order valence-electron chi connectivity index (χ1n) is 6.20. The van der Waals surface area contributed by atoms with E-state index >= 15 is 0 Å². The molecule has 21 heavy (non-hydrogen) atoms. The van der Waals surface area contributed by atoms with E-state index in [9.17, 15) is 9.18 Å². The molecule has 0 saturated heterocycles. The predicted octanol–water partition coefficient (Wildman–Crippen LogP) is 3.60. The number of carbonyl (C=O) groups is 1. The van der Waals surface area contributed by atoms with E-state index in [0.717, 1.165) is 0 Å². The lowest BCUT2D eigenvalue weighted by molar-refractivity contribution is 0.104. The Morgan fingerprint density at radius 2 is 2.10 bits per heavy atom. The second-order valence-electron chi connectivity index (χ2n) is 4.28. The first-order valence-corrected chi connectivity index (χ1v) is 6.20. The number of nitrogens with zero attached hydrogens (tertiary/aromatic N) is 1. The molecule has 0 radical (unpaired) electrons. The minimum atomic E-state index is -0.487. The highest BCUT2D eigenvalue weighted by Crippen LogP contribution is 2.18. The number of nitriles is 1. The van der Waals surface area contributed by atoms with Crippen molar-refractivity contribution in [1.29, 1.82) is 5.26 Å². The molecule has 2 aromatic carbocycles. The van der Waals surface area contributed by atoms with Crippen molar-refractivity contribution in [3.8, 4) is 11.8 Å². The number of allylic oxidation sites excluding steroid dienone is 1. The topological polar surface area (TPSA) is 50.1 Å². The van der Waals surface area contributed by atoms with Gasteiger partial charge in [0, 0.05) is 5.56 Å². The molecular weight excluding hydrogens is 269 g/mol. The third-order valence-electron chi connectivity index (χ3n) is 2.88. The van der Waals surface area contributed by atoms with Crippen LogP contribution in [0.25, 0.3) is 6.08 Å². The average molecular weight is 281 g/mol. The van der Waals surface area contributed by atoms with Gasteiger partial charge in [-0.05, 0) is 35.9 Å². The molecule has 0 amide bonds. The standard InChI is InChI=1S/C17H12FNO2/c1-21-17-8-6-12(10-15(17)18)5-7-16(20)14-4-2-3-13(9-14)11-19/h2-10H,1H3/b7-5+. The third kappa shape index (κ3) is 3.54. The molecule has 0 unspecified atom stereocenters. The summed E-state index contributed by atoms with van der Waals surface area (Å²) in [5.74, 6) is -0.581. The Kier molecular flexibility index (Phi) is 4.47. The lowest BCUT2D eigenvalue weighted by Gasteiger charge is -2.02. The van der Waals surface area contributed by atoms with Crippen molar-refractivity contribution in [2.75, 3.05) is 7.11 Å². The Labute approximate surface area is 121 Å². The molecular formula is C17H12FNO2. The van der Waals surface area contributed by atoms with Crippen LogP contribution in [0.2, 0.25) is 0 Å². The van der Waals surface area contributed by atoms with Gasteiger partial charge in [-0.15, -0.1) is 0 Å². The number of rotatable bonds is 4. The molecule has 0 fully saturated rings. The zero-order valence-electron chi connectivity index (χ0n) is 11.3. The molecule has 4 heteroatoms. The number of methoxy groups -OCH3 is 1. The van der Waals surface area contributed by atoms with Crippen molar-refractivity contribution in [1.82, 2.24) is 0 Å². The molecule has 0 N–H and O–H groups in total. The van der Waals surface area contributed by atoms with Gasteiger partial charge in [-0.2, -0.15) is 5.26 Å². The van der Waals surface area contributed by atoms with Gasteiger partial charge in [-0.25, -0.2) is 4.39 Å². The summed E-state index contributed by atoms with van der Waals surface area (Å²) in [6.45, 7) is 0. The summed E-state index contributed by atoms with van der Waals surface area (Å²) in [5.41, 5.74) is 1.39. The summed E-state index contributed by atoms with van der Waals surface area (Å²) in [6, 6.07) is 12.8. The zero-order valence-corrected chi connectivity index (χ0v) is 11.3. The molecule has 2 rings (SSSR count). The monoisotopic (exact) mass is 281 g/mol. The summed E-state index contributed by atoms with van der Waals surface area (Å²) in [5, 5.41) is 8.80. The van der Waals surface area contributed by atoms with Crippen LogP contribution in [0.4, 0.5) is 4.39 Å². The van der Waals surface area contributed by atoms with Crippen LogP contribution in [0, 0.1) is 17.1 Å². The Balaban J connectivity index is 2.19. The first-order chi connectivity index (χ1) is 10.1. The van der Waals surface area contributed by atoms with Crippen molar-refractivity contribution < 1.29 is 13.9 Å². The zero-order chi connectivity index (χ0) is 15.2. The fourth-order valence-corrected chi connectivity index (χ4v) is 1.80. The van der Waals surface area contributed by atoms with Crippen LogP contribution in [0.15, 0.2) is 48.5 Å². The van der Waals surface area contributed by atoms with Crippen LogP contribution in [0.3, 0.4) is 0 Å². The summed E-state index contributed by atoms with van der Waals surface area (Å²) >= 11 is 0. The van der Waals surface area contributed by atoms with E-state index in [2.05, 4.69) is 0 Å². The minimum Gasteiger partial charge on any atom is -0.494 e. The van der Waals surface area contributed by atoms with Gasteiger partial charge < -0.3 is 4.74 Å². The Morgan fingerprint density at radius 1 is 1.29 bits per heavy atom. The van der Waals surface area contributed by atoms with E-state index in [4.69, 9.17) is 10.00 Å². The van der Waals surface area contributed by atoms with E-state index in [1.165, 1.54) is 37.5 Å². The highest BCUT2D eigenvalue weighted by atomic mass is 19.1. The van der Waals surface area contributed by atoms with Gasteiger partial charge in [0.05, 0.1) is 18.7 Å². The second-order valence-corrected chi connectivity index (χ2v) is 4.28. The molecule has 104 valence electrons. The van der Waals surface area contributed by atoms with E-state index < -0.39 is 5.82 Å². The summed E-state index contributed by atoms with van der Waals surface area (Å²) in [7, 11) is 1.39. The van der Waals surface area contributed by atoms with E-state index in [1.54, 1.807) is 24.3 Å². The van der Waals surface area contributed by atoms with E-state index in [-0.39, 0.29) is 11.5 Å². The Hall–Kier alpha value is -2.93. The van der Waals surface area contributed by atoms with Gasteiger partial charge in [-0.3, -0.25) is 4.79 Å². The molecule has 0 bridgehead atoms. The molecule has 3 nitrogen and oxygen atoms in total. The molecule has 0 saturated carbocycles. The summed E-state index contributed by atoms with van der Waals surface area (Å²) in [4.78, 5) is 12.0. The van der Waals surface area contributed by atoms with Crippen molar-refractivity contribution in [3.63, 3.8) is 0 Å². The van der Waals surface area contributed by atoms with Crippen molar-refractivity contribution in [3.05, 3.63) is 71.0 Å². The van der Waals surface area contributed by atoms with E-state index in [1.807, 2.05) is 6.07 Å². The lowest BCUT2D eigenvalue weighted by Crippen LogP contribution is -1.94. The summed E-state index contributed by atoms with van der Waals surface area (Å²) in [6.07, 6.45) is 2.86. The van der Waals surface area contributed by atoms with Gasteiger partial charge >= 0.3 is 0 Å². The van der Waals surface area contributed by atoms with Gasteiger partial charge in [-0.1, -0.05) is 24.3 Å². The molecule has 0 aliphatic heterocycles. The van der Waals surface area contributed by atoms with Gasteiger partial charge in [0.1, 0.15) is 0 Å². The van der Waals surface area contributed by atoms with Crippen LogP contribution >= 0.6 is 0 Å². The minimum absolute atomic E-state index is 0.153. The SMILES string of the molecule is COc1ccc(/C=C/C(=O)c2cccc(C#N)c2)cc1F. The summed E-state index contributed by atoms with van der Waals surface area (Å²) < 4.78 is 18.3. The van der Waals surface area contributed by atoms with E-state index in [0.29, 0.717) is 16.7 Å².